The van der Waals surface area contributed by atoms with E-state index in [4.69, 9.17) is 20.5 Å². The van der Waals surface area contributed by atoms with Gasteiger partial charge < -0.3 is 19.2 Å². The molecule has 0 amide bonds. The number of benzene rings is 1. The Morgan fingerprint density at radius 1 is 1.24 bits per heavy atom. The van der Waals surface area contributed by atoms with Gasteiger partial charge in [-0.2, -0.15) is 5.90 Å². The summed E-state index contributed by atoms with van der Waals surface area (Å²) in [5.41, 5.74) is 2.82. The van der Waals surface area contributed by atoms with E-state index in [1.54, 1.807) is 23.6 Å². The number of nitrogens with two attached hydrogens (primary N) is 1. The Morgan fingerprint density at radius 2 is 2.00 bits per heavy atom. The molecule has 1 atom stereocenters. The van der Waals surface area contributed by atoms with Gasteiger partial charge in [-0.15, -0.1) is 0 Å². The van der Waals surface area contributed by atoms with E-state index in [2.05, 4.69) is 19.6 Å². The number of carbonyl (C=O) groups is 1. The Hall–Kier alpha value is -3.01. The molecular weight excluding hydrogens is 450 g/mol. The van der Waals surface area contributed by atoms with Crippen LogP contribution in [0.1, 0.15) is 35.6 Å². The molecule has 0 aliphatic carbocycles. The van der Waals surface area contributed by atoms with Crippen LogP contribution in [-0.2, 0) is 34.7 Å². The maximum Gasteiger partial charge on any atom is 0.343 e. The van der Waals surface area contributed by atoms with Crippen molar-refractivity contribution in [2.24, 2.45) is 5.90 Å². The summed E-state index contributed by atoms with van der Waals surface area (Å²) < 4.78 is 6.86. The SMILES string of the molecule is CC[C@@]1(O)C(=O)OCc2c1cc1n(c2=O)Cc2c-1nc1ccc(ON)cc1c2CC[Si](C)(C)C. The van der Waals surface area contributed by atoms with Crippen LogP contribution in [0.2, 0.25) is 25.7 Å². The van der Waals surface area contributed by atoms with Crippen LogP contribution in [-0.4, -0.2) is 28.7 Å². The van der Waals surface area contributed by atoms with E-state index in [-0.39, 0.29) is 18.6 Å². The molecule has 0 spiro atoms. The number of fused-ring (bicyclic) bond motifs is 5. The number of carbonyl (C=O) groups excluding carboxylic acids is 1. The van der Waals surface area contributed by atoms with Crippen LogP contribution in [0.4, 0.5) is 0 Å². The number of esters is 1. The van der Waals surface area contributed by atoms with Gasteiger partial charge >= 0.3 is 5.97 Å². The number of hydrogen-bond donors (Lipinski definition) is 2. The van der Waals surface area contributed by atoms with Crippen molar-refractivity contribution in [2.75, 3.05) is 0 Å². The summed E-state index contributed by atoms with van der Waals surface area (Å²) in [7, 11) is -1.36. The van der Waals surface area contributed by atoms with Crippen LogP contribution >= 0.6 is 0 Å². The summed E-state index contributed by atoms with van der Waals surface area (Å²) in [6.07, 6.45) is 0.969. The Balaban J connectivity index is 1.77. The lowest BCUT2D eigenvalue weighted by molar-refractivity contribution is -0.172. The average Bonchev–Trinajstić information content (AvgIpc) is 3.17. The van der Waals surface area contributed by atoms with E-state index in [0.717, 1.165) is 40.2 Å². The van der Waals surface area contributed by atoms with Crippen LogP contribution in [0.15, 0.2) is 29.1 Å². The Labute approximate surface area is 198 Å². The van der Waals surface area contributed by atoms with Gasteiger partial charge in [-0.1, -0.05) is 32.6 Å². The molecule has 3 N–H and O–H groups in total. The number of rotatable bonds is 5. The molecule has 0 fully saturated rings. The van der Waals surface area contributed by atoms with Gasteiger partial charge in [-0.3, -0.25) is 4.79 Å². The summed E-state index contributed by atoms with van der Waals surface area (Å²) in [5.74, 6) is 5.26. The third-order valence-electron chi connectivity index (χ3n) is 7.04. The summed E-state index contributed by atoms with van der Waals surface area (Å²) in [4.78, 5) is 35.8. The van der Waals surface area contributed by atoms with Crippen LogP contribution in [0.5, 0.6) is 5.75 Å². The van der Waals surface area contributed by atoms with E-state index >= 15 is 0 Å². The van der Waals surface area contributed by atoms with Crippen molar-refractivity contribution in [3.63, 3.8) is 0 Å². The predicted molar refractivity (Wildman–Crippen MR) is 131 cm³/mol. The normalized spacial score (nSPS) is 18.9. The van der Waals surface area contributed by atoms with Crippen molar-refractivity contribution >= 4 is 24.9 Å². The summed E-state index contributed by atoms with van der Waals surface area (Å²) in [5, 5.41) is 12.1. The highest BCUT2D eigenvalue weighted by Crippen LogP contribution is 2.41. The third-order valence-corrected chi connectivity index (χ3v) is 8.79. The van der Waals surface area contributed by atoms with E-state index in [1.807, 2.05) is 12.1 Å². The minimum absolute atomic E-state index is 0.114. The van der Waals surface area contributed by atoms with E-state index < -0.39 is 19.6 Å². The van der Waals surface area contributed by atoms with Crippen LogP contribution in [0.3, 0.4) is 0 Å². The van der Waals surface area contributed by atoms with Gasteiger partial charge in [0.25, 0.3) is 5.56 Å². The number of aryl methyl sites for hydroxylation is 1. The fourth-order valence-electron chi connectivity index (χ4n) is 5.00. The van der Waals surface area contributed by atoms with Crippen LogP contribution in [0.25, 0.3) is 22.3 Å². The van der Waals surface area contributed by atoms with Gasteiger partial charge in [0.05, 0.1) is 29.0 Å². The van der Waals surface area contributed by atoms with Crippen molar-refractivity contribution in [1.82, 2.24) is 9.55 Å². The van der Waals surface area contributed by atoms with Crippen molar-refractivity contribution in [3.05, 3.63) is 56.9 Å². The topological polar surface area (TPSA) is 117 Å². The first-order valence-electron chi connectivity index (χ1n) is 11.6. The molecule has 0 bridgehead atoms. The molecule has 34 heavy (non-hydrogen) atoms. The number of cyclic esters (lactones) is 1. The smallest absolute Gasteiger partial charge is 0.343 e. The fraction of sp³-hybridized carbons (Fsp3) is 0.400. The zero-order valence-corrected chi connectivity index (χ0v) is 20.9. The van der Waals surface area contributed by atoms with Crippen molar-refractivity contribution < 1.29 is 19.5 Å². The zero-order chi connectivity index (χ0) is 24.4. The molecule has 2 aliphatic heterocycles. The van der Waals surface area contributed by atoms with Crippen molar-refractivity contribution in [3.8, 4) is 17.1 Å². The minimum Gasteiger partial charge on any atom is -0.458 e. The molecule has 8 nitrogen and oxygen atoms in total. The molecule has 1 aromatic carbocycles. The second-order valence-electron chi connectivity index (χ2n) is 10.4. The largest absolute Gasteiger partial charge is 0.458 e. The second-order valence-corrected chi connectivity index (χ2v) is 16.0. The summed E-state index contributed by atoms with van der Waals surface area (Å²) >= 11 is 0. The highest BCUT2D eigenvalue weighted by Gasteiger charge is 2.45. The molecule has 4 heterocycles. The lowest BCUT2D eigenvalue weighted by Crippen LogP contribution is -2.44. The Morgan fingerprint density at radius 3 is 2.68 bits per heavy atom. The zero-order valence-electron chi connectivity index (χ0n) is 19.9. The van der Waals surface area contributed by atoms with E-state index in [1.165, 1.54) is 0 Å². The molecular formula is C25H29N3O5Si. The molecule has 0 radical (unpaired) electrons. The number of nitrogens with zero attached hydrogens (tertiary/aromatic N) is 2. The quantitative estimate of drug-likeness (QED) is 0.256. The lowest BCUT2D eigenvalue weighted by atomic mass is 9.86. The molecule has 0 saturated heterocycles. The molecule has 9 heteroatoms. The lowest BCUT2D eigenvalue weighted by Gasteiger charge is -2.31. The Kier molecular flexibility index (Phi) is 5.19. The fourth-order valence-corrected chi connectivity index (χ4v) is 6.00. The van der Waals surface area contributed by atoms with Gasteiger partial charge in [0.2, 0.25) is 0 Å². The molecule has 0 unspecified atom stereocenters. The Bertz CT molecular complexity index is 1410. The van der Waals surface area contributed by atoms with Crippen molar-refractivity contribution in [1.29, 1.82) is 0 Å². The first-order chi connectivity index (χ1) is 16.1. The van der Waals surface area contributed by atoms with E-state index in [0.29, 0.717) is 29.1 Å². The number of aliphatic hydroxyl groups is 1. The third kappa shape index (κ3) is 3.38. The standard InChI is InChI=1S/C25H29N3O5Si/c1-5-25(31)19-11-21-22-17(12-28(21)23(29)18(19)13-32-24(25)30)15(8-9-34(2,3)4)16-10-14(33-26)6-7-20(16)27-22/h6-7,10-11,31H,5,8-9,12-13,26H2,1-4H3/t25-/m0/s1. The molecule has 5 rings (SSSR count). The highest BCUT2D eigenvalue weighted by atomic mass is 28.3. The number of hydrogen-bond acceptors (Lipinski definition) is 7. The predicted octanol–water partition coefficient (Wildman–Crippen LogP) is 3.21. The monoisotopic (exact) mass is 479 g/mol. The van der Waals surface area contributed by atoms with Gasteiger partial charge in [0.15, 0.2) is 5.60 Å². The number of ether oxygens (including phenoxy) is 1. The van der Waals surface area contributed by atoms with E-state index in [9.17, 15) is 14.7 Å². The molecule has 2 aromatic heterocycles. The van der Waals surface area contributed by atoms with Gasteiger partial charge in [0.1, 0.15) is 12.4 Å². The van der Waals surface area contributed by atoms with Gasteiger partial charge in [-0.25, -0.2) is 9.78 Å². The van der Waals surface area contributed by atoms with Crippen molar-refractivity contribution in [2.45, 2.75) is 64.2 Å². The first kappa shape index (κ1) is 22.8. The maximum absolute atomic E-state index is 13.5. The molecule has 2 aliphatic rings. The number of aromatic nitrogens is 2. The highest BCUT2D eigenvalue weighted by molar-refractivity contribution is 6.76. The first-order valence-corrected chi connectivity index (χ1v) is 15.3. The average molecular weight is 480 g/mol. The maximum atomic E-state index is 13.5. The second kappa shape index (κ2) is 7.76. The number of pyridine rings is 2. The molecule has 0 saturated carbocycles. The van der Waals surface area contributed by atoms with Crippen LogP contribution in [0, 0.1) is 0 Å². The van der Waals surface area contributed by atoms with Gasteiger partial charge in [-0.05, 0) is 42.7 Å². The van der Waals surface area contributed by atoms with Crippen LogP contribution < -0.4 is 16.3 Å². The summed E-state index contributed by atoms with van der Waals surface area (Å²) in [6, 6.07) is 8.37. The minimum atomic E-state index is -1.84. The molecule has 178 valence electrons. The van der Waals surface area contributed by atoms with Gasteiger partial charge in [0, 0.05) is 24.6 Å². The summed E-state index contributed by atoms with van der Waals surface area (Å²) in [6.45, 7) is 8.95. The molecule has 3 aromatic rings.